The molecule has 0 atom stereocenters. The van der Waals surface area contributed by atoms with Gasteiger partial charge in [-0.15, -0.1) is 0 Å². The minimum atomic E-state index is -0.931. The maximum absolute atomic E-state index is 12.2. The third kappa shape index (κ3) is 5.03. The van der Waals surface area contributed by atoms with E-state index in [0.29, 0.717) is 24.9 Å². The van der Waals surface area contributed by atoms with Crippen molar-refractivity contribution < 1.29 is 59.1 Å². The average Bonchev–Trinajstić information content (AvgIpc) is 2.49. The molecule has 22 heavy (non-hydrogen) atoms. The molecule has 2 rings (SSSR count). The topological polar surface area (TPSA) is 69.6 Å². The smallest absolute Gasteiger partial charge is 0.251 e. The zero-order valence-corrected chi connectivity index (χ0v) is 18.2. The Kier molecular flexibility index (Phi) is 7.53. The Morgan fingerprint density at radius 3 is 2.36 bits per heavy atom. The number of hydrogen-bond acceptors (Lipinski definition) is 3. The quantitative estimate of drug-likeness (QED) is 0.572. The maximum Gasteiger partial charge on any atom is 0.251 e. The molecular formula is C17H25AcNO3. The van der Waals surface area contributed by atoms with Crippen LogP contribution < -0.4 is 5.32 Å². The van der Waals surface area contributed by atoms with Crippen LogP contribution in [0.4, 0.5) is 0 Å². The molecule has 1 fully saturated rings. The fraction of sp³-hybridized carbons (Fsp3) is 0.588. The van der Waals surface area contributed by atoms with Gasteiger partial charge in [-0.25, -0.2) is 0 Å². The van der Waals surface area contributed by atoms with Crippen molar-refractivity contribution in [2.24, 2.45) is 5.41 Å². The number of aliphatic hydroxyl groups is 2. The first kappa shape index (κ1) is 20.1. The summed E-state index contributed by atoms with van der Waals surface area (Å²) in [5.74, 6) is -0.0441. The summed E-state index contributed by atoms with van der Waals surface area (Å²) < 4.78 is 0. The van der Waals surface area contributed by atoms with E-state index in [0.717, 1.165) is 18.4 Å². The molecule has 1 saturated carbocycles. The Labute approximate surface area is 168 Å². The SMILES string of the molecule is Cc1ccccc1C(=O)NCC1(C)CCC(O)(CO)CC1.[Ac]. The molecule has 0 spiro atoms. The number of aryl methyl sites for hydroxylation is 1. The Balaban J connectivity index is 0.00000242. The summed E-state index contributed by atoms with van der Waals surface area (Å²) in [6, 6.07) is 7.55. The second kappa shape index (κ2) is 8.24. The molecule has 0 saturated heterocycles. The molecule has 5 heteroatoms. The Morgan fingerprint density at radius 2 is 1.82 bits per heavy atom. The molecule has 1 aromatic rings. The van der Waals surface area contributed by atoms with E-state index in [-0.39, 0.29) is 62.0 Å². The van der Waals surface area contributed by atoms with Gasteiger partial charge in [0.1, 0.15) is 0 Å². The molecule has 1 amide bonds. The van der Waals surface area contributed by atoms with Gasteiger partial charge in [0.25, 0.3) is 5.91 Å². The van der Waals surface area contributed by atoms with E-state index < -0.39 is 5.60 Å². The molecule has 0 aromatic heterocycles. The molecule has 0 heterocycles. The predicted molar refractivity (Wildman–Crippen MR) is 82.1 cm³/mol. The van der Waals surface area contributed by atoms with E-state index >= 15 is 0 Å². The monoisotopic (exact) mass is 518 g/mol. The molecule has 3 N–H and O–H groups in total. The van der Waals surface area contributed by atoms with Gasteiger partial charge in [0.15, 0.2) is 0 Å². The van der Waals surface area contributed by atoms with Crippen LogP contribution >= 0.6 is 0 Å². The number of aliphatic hydroxyl groups excluding tert-OH is 1. The number of rotatable bonds is 4. The maximum atomic E-state index is 12.2. The molecule has 1 aliphatic rings. The van der Waals surface area contributed by atoms with Crippen LogP contribution in [0.1, 0.15) is 48.5 Å². The number of nitrogens with one attached hydrogen (secondary N) is 1. The molecule has 0 unspecified atom stereocenters. The van der Waals surface area contributed by atoms with Crippen molar-refractivity contribution in [3.63, 3.8) is 0 Å². The van der Waals surface area contributed by atoms with Crippen molar-refractivity contribution in [3.05, 3.63) is 35.4 Å². The van der Waals surface area contributed by atoms with Crippen molar-refractivity contribution in [1.82, 2.24) is 5.32 Å². The van der Waals surface area contributed by atoms with Crippen LogP contribution in [0, 0.1) is 56.4 Å². The number of hydrogen-bond donors (Lipinski definition) is 3. The fourth-order valence-corrected chi connectivity index (χ4v) is 2.87. The van der Waals surface area contributed by atoms with Crippen molar-refractivity contribution >= 4 is 5.91 Å². The van der Waals surface area contributed by atoms with Gasteiger partial charge in [0, 0.05) is 56.2 Å². The van der Waals surface area contributed by atoms with Crippen LogP contribution in [0.15, 0.2) is 24.3 Å². The Bertz CT molecular complexity index is 510. The zero-order chi connectivity index (χ0) is 15.5. The van der Waals surface area contributed by atoms with Crippen LogP contribution in [0.3, 0.4) is 0 Å². The van der Waals surface area contributed by atoms with Crippen LogP contribution in [0.25, 0.3) is 0 Å². The predicted octanol–water partition coefficient (Wildman–Crippen LogP) is 2.03. The molecule has 4 nitrogen and oxygen atoms in total. The molecule has 119 valence electrons. The van der Waals surface area contributed by atoms with Gasteiger partial charge in [-0.2, -0.15) is 0 Å². The molecular weight excluding hydrogens is 493 g/mol. The zero-order valence-electron chi connectivity index (χ0n) is 13.4. The summed E-state index contributed by atoms with van der Waals surface area (Å²) in [6.07, 6.45) is 2.77. The number of carbonyl (C=O) groups excluding carboxylic acids is 1. The van der Waals surface area contributed by atoms with Crippen LogP contribution in [-0.2, 0) is 0 Å². The fourth-order valence-electron chi connectivity index (χ4n) is 2.87. The van der Waals surface area contributed by atoms with Crippen molar-refractivity contribution in [3.8, 4) is 0 Å². The van der Waals surface area contributed by atoms with Gasteiger partial charge in [-0.3, -0.25) is 4.79 Å². The van der Waals surface area contributed by atoms with Gasteiger partial charge < -0.3 is 15.5 Å². The third-order valence-electron chi connectivity index (χ3n) is 4.75. The first-order valence-corrected chi connectivity index (χ1v) is 7.55. The van der Waals surface area contributed by atoms with Gasteiger partial charge in [0.05, 0.1) is 12.2 Å². The second-order valence-electron chi connectivity index (χ2n) is 6.69. The number of amides is 1. The standard InChI is InChI=1S/C17H25NO3.Ac/c1-13-5-3-4-6-14(13)15(20)18-11-16(2)7-9-17(21,12-19)10-8-16;/h3-6,19,21H,7-12H2,1-2H3,(H,18,20);. The van der Waals surface area contributed by atoms with Crippen molar-refractivity contribution in [2.45, 2.75) is 45.1 Å². The molecule has 1 aliphatic carbocycles. The average molecular weight is 518 g/mol. The Morgan fingerprint density at radius 1 is 1.23 bits per heavy atom. The third-order valence-corrected chi connectivity index (χ3v) is 4.75. The second-order valence-corrected chi connectivity index (χ2v) is 6.69. The van der Waals surface area contributed by atoms with Crippen LogP contribution in [-0.4, -0.2) is 34.9 Å². The summed E-state index contributed by atoms with van der Waals surface area (Å²) in [4.78, 5) is 12.2. The van der Waals surface area contributed by atoms with Crippen LogP contribution in [0.2, 0.25) is 0 Å². The van der Waals surface area contributed by atoms with E-state index in [1.54, 1.807) is 0 Å². The van der Waals surface area contributed by atoms with Crippen LogP contribution in [0.5, 0.6) is 0 Å². The van der Waals surface area contributed by atoms with Gasteiger partial charge in [-0.1, -0.05) is 25.1 Å². The van der Waals surface area contributed by atoms with Crippen molar-refractivity contribution in [1.29, 1.82) is 0 Å². The summed E-state index contributed by atoms with van der Waals surface area (Å²) >= 11 is 0. The van der Waals surface area contributed by atoms with Gasteiger partial charge >= 0.3 is 0 Å². The summed E-state index contributed by atoms with van der Waals surface area (Å²) in [7, 11) is 0. The minimum absolute atomic E-state index is 0. The summed E-state index contributed by atoms with van der Waals surface area (Å²) in [5.41, 5.74) is 0.737. The summed E-state index contributed by atoms with van der Waals surface area (Å²) in [5, 5.41) is 22.3. The van der Waals surface area contributed by atoms with Crippen molar-refractivity contribution in [2.75, 3.05) is 13.2 Å². The van der Waals surface area contributed by atoms with Gasteiger partial charge in [-0.05, 0) is 49.7 Å². The first-order valence-electron chi connectivity index (χ1n) is 7.55. The van der Waals surface area contributed by atoms with E-state index in [2.05, 4.69) is 12.2 Å². The van der Waals surface area contributed by atoms with E-state index in [4.69, 9.17) is 0 Å². The largest absolute Gasteiger partial charge is 0.393 e. The molecule has 1 aromatic carbocycles. The minimum Gasteiger partial charge on any atom is -0.393 e. The summed E-state index contributed by atoms with van der Waals surface area (Å²) in [6.45, 7) is 4.47. The van der Waals surface area contributed by atoms with E-state index in [9.17, 15) is 15.0 Å². The molecule has 0 aliphatic heterocycles. The first-order chi connectivity index (χ1) is 9.87. The normalized spacial score (nSPS) is 27.8. The molecule has 0 bridgehead atoms. The Hall–Kier alpha value is 0.0516. The van der Waals surface area contributed by atoms with E-state index in [1.165, 1.54) is 0 Å². The number of benzene rings is 1. The number of carbonyl (C=O) groups is 1. The molecule has 1 radical (unpaired) electrons. The van der Waals surface area contributed by atoms with Gasteiger partial charge in [0.2, 0.25) is 0 Å². The van der Waals surface area contributed by atoms with E-state index in [1.807, 2.05) is 31.2 Å².